The Morgan fingerprint density at radius 1 is 1.21 bits per heavy atom. The third kappa shape index (κ3) is 4.54. The molecule has 19 heavy (non-hydrogen) atoms. The number of aryl methyl sites for hydroxylation is 1. The summed E-state index contributed by atoms with van der Waals surface area (Å²) in [5, 5.41) is 12.8. The van der Waals surface area contributed by atoms with E-state index < -0.39 is 0 Å². The van der Waals surface area contributed by atoms with E-state index >= 15 is 0 Å². The zero-order chi connectivity index (χ0) is 14.6. The summed E-state index contributed by atoms with van der Waals surface area (Å²) in [6, 6.07) is 6.61. The Hall–Kier alpha value is -1.02. The van der Waals surface area contributed by atoms with Gasteiger partial charge >= 0.3 is 0 Å². The predicted molar refractivity (Wildman–Crippen MR) is 83.8 cm³/mol. The van der Waals surface area contributed by atoms with Crippen molar-refractivity contribution in [3.63, 3.8) is 0 Å². The van der Waals surface area contributed by atoms with Gasteiger partial charge in [0.15, 0.2) is 0 Å². The van der Waals surface area contributed by atoms with Gasteiger partial charge in [0.05, 0.1) is 0 Å². The molecule has 1 atom stereocenters. The molecule has 2 heteroatoms. The van der Waals surface area contributed by atoms with Crippen LogP contribution >= 0.6 is 0 Å². The Morgan fingerprint density at radius 2 is 1.84 bits per heavy atom. The molecule has 1 aromatic rings. The SMILES string of the molecule is Cc1cc(C(C)(C)C)ccc1NCC(CO)C(C)C. The summed E-state index contributed by atoms with van der Waals surface area (Å²) in [6.07, 6.45) is 0. The van der Waals surface area contributed by atoms with E-state index in [9.17, 15) is 5.11 Å². The molecule has 1 rings (SSSR count). The topological polar surface area (TPSA) is 32.3 Å². The lowest BCUT2D eigenvalue weighted by atomic mass is 9.86. The minimum Gasteiger partial charge on any atom is -0.396 e. The molecule has 0 radical (unpaired) electrons. The van der Waals surface area contributed by atoms with Gasteiger partial charge < -0.3 is 10.4 Å². The number of anilines is 1. The second-order valence-electron chi connectivity index (χ2n) is 6.85. The van der Waals surface area contributed by atoms with Crippen LogP contribution in [0.3, 0.4) is 0 Å². The summed E-state index contributed by atoms with van der Waals surface area (Å²) in [7, 11) is 0. The molecule has 0 aliphatic rings. The Kier molecular flexibility index (Phi) is 5.42. The zero-order valence-electron chi connectivity index (χ0n) is 13.2. The van der Waals surface area contributed by atoms with Crippen molar-refractivity contribution in [1.82, 2.24) is 0 Å². The minimum absolute atomic E-state index is 0.189. The maximum absolute atomic E-state index is 9.35. The molecule has 0 fully saturated rings. The lowest BCUT2D eigenvalue weighted by molar-refractivity contribution is 0.198. The van der Waals surface area contributed by atoms with Crippen molar-refractivity contribution < 1.29 is 5.11 Å². The highest BCUT2D eigenvalue weighted by molar-refractivity contribution is 5.53. The summed E-state index contributed by atoms with van der Waals surface area (Å²) in [5.41, 5.74) is 3.99. The third-order valence-electron chi connectivity index (χ3n) is 3.82. The first-order chi connectivity index (χ1) is 8.75. The van der Waals surface area contributed by atoms with Gasteiger partial charge in [-0.2, -0.15) is 0 Å². The van der Waals surface area contributed by atoms with Crippen LogP contribution in [-0.2, 0) is 5.41 Å². The van der Waals surface area contributed by atoms with E-state index in [1.54, 1.807) is 0 Å². The lowest BCUT2D eigenvalue weighted by Gasteiger charge is -2.23. The van der Waals surface area contributed by atoms with Crippen molar-refractivity contribution in [3.05, 3.63) is 29.3 Å². The summed E-state index contributed by atoms with van der Waals surface area (Å²) >= 11 is 0. The number of rotatable bonds is 5. The number of nitrogens with one attached hydrogen (secondary N) is 1. The Morgan fingerprint density at radius 3 is 2.26 bits per heavy atom. The van der Waals surface area contributed by atoms with Crippen molar-refractivity contribution in [2.24, 2.45) is 11.8 Å². The normalized spacial score (nSPS) is 13.7. The monoisotopic (exact) mass is 263 g/mol. The first-order valence-electron chi connectivity index (χ1n) is 7.21. The number of aliphatic hydroxyl groups excluding tert-OH is 1. The minimum atomic E-state index is 0.189. The number of aliphatic hydroxyl groups is 1. The second kappa shape index (κ2) is 6.42. The molecule has 1 unspecified atom stereocenters. The second-order valence-corrected chi connectivity index (χ2v) is 6.85. The Bertz CT molecular complexity index is 404. The lowest BCUT2D eigenvalue weighted by Crippen LogP contribution is -2.23. The van der Waals surface area contributed by atoms with Gasteiger partial charge in [0.1, 0.15) is 0 Å². The van der Waals surface area contributed by atoms with Gasteiger partial charge in [0.25, 0.3) is 0 Å². The van der Waals surface area contributed by atoms with Gasteiger partial charge in [-0.25, -0.2) is 0 Å². The molecule has 0 amide bonds. The van der Waals surface area contributed by atoms with Crippen molar-refractivity contribution >= 4 is 5.69 Å². The number of hydrogen-bond acceptors (Lipinski definition) is 2. The van der Waals surface area contributed by atoms with Crippen LogP contribution in [-0.4, -0.2) is 18.3 Å². The van der Waals surface area contributed by atoms with Gasteiger partial charge in [0, 0.05) is 24.8 Å². The molecular weight excluding hydrogens is 234 g/mol. The molecule has 108 valence electrons. The Labute approximate surface area is 118 Å². The third-order valence-corrected chi connectivity index (χ3v) is 3.82. The van der Waals surface area contributed by atoms with E-state index in [4.69, 9.17) is 0 Å². The molecule has 1 aromatic carbocycles. The van der Waals surface area contributed by atoms with Crippen molar-refractivity contribution in [3.8, 4) is 0 Å². The average Bonchev–Trinajstić information content (AvgIpc) is 2.29. The zero-order valence-corrected chi connectivity index (χ0v) is 13.2. The van der Waals surface area contributed by atoms with Crippen molar-refractivity contribution in [2.75, 3.05) is 18.5 Å². The van der Waals surface area contributed by atoms with E-state index in [1.807, 2.05) is 0 Å². The Balaban J connectivity index is 2.76. The number of benzene rings is 1. The fraction of sp³-hybridized carbons (Fsp3) is 0.647. The molecule has 2 N–H and O–H groups in total. The van der Waals surface area contributed by atoms with Gasteiger partial charge in [-0.3, -0.25) is 0 Å². The smallest absolute Gasteiger partial charge is 0.0478 e. The fourth-order valence-corrected chi connectivity index (χ4v) is 2.08. The highest BCUT2D eigenvalue weighted by Gasteiger charge is 2.15. The van der Waals surface area contributed by atoms with E-state index in [0.717, 1.165) is 6.54 Å². The van der Waals surface area contributed by atoms with Gasteiger partial charge in [-0.1, -0.05) is 46.8 Å². The van der Waals surface area contributed by atoms with Gasteiger partial charge in [-0.15, -0.1) is 0 Å². The van der Waals surface area contributed by atoms with Crippen LogP contribution in [0.15, 0.2) is 18.2 Å². The summed E-state index contributed by atoms with van der Waals surface area (Å²) in [5.74, 6) is 0.799. The molecule has 0 spiro atoms. The largest absolute Gasteiger partial charge is 0.396 e. The first-order valence-corrected chi connectivity index (χ1v) is 7.21. The van der Waals surface area contributed by atoms with E-state index in [1.165, 1.54) is 16.8 Å². The van der Waals surface area contributed by atoms with Crippen LogP contribution in [0.5, 0.6) is 0 Å². The van der Waals surface area contributed by atoms with Crippen molar-refractivity contribution in [2.45, 2.75) is 47.0 Å². The van der Waals surface area contributed by atoms with Gasteiger partial charge in [-0.05, 0) is 35.4 Å². The van der Waals surface area contributed by atoms with Gasteiger partial charge in [0.2, 0.25) is 0 Å². The van der Waals surface area contributed by atoms with Crippen LogP contribution < -0.4 is 5.32 Å². The summed E-state index contributed by atoms with van der Waals surface area (Å²) in [4.78, 5) is 0. The quantitative estimate of drug-likeness (QED) is 0.842. The van der Waals surface area contributed by atoms with Crippen LogP contribution in [0.2, 0.25) is 0 Å². The molecule has 0 bridgehead atoms. The standard InChI is InChI=1S/C17H29NO/c1-12(2)14(11-19)10-18-16-8-7-15(9-13(16)3)17(4,5)6/h7-9,12,14,18-19H,10-11H2,1-6H3. The molecule has 0 saturated heterocycles. The maximum atomic E-state index is 9.35. The van der Waals surface area contributed by atoms with E-state index in [2.05, 4.69) is 65.1 Å². The van der Waals surface area contributed by atoms with Crippen LogP contribution in [0.25, 0.3) is 0 Å². The molecular formula is C17H29NO. The highest BCUT2D eigenvalue weighted by Crippen LogP contribution is 2.26. The molecule has 0 saturated carbocycles. The molecule has 0 aliphatic carbocycles. The maximum Gasteiger partial charge on any atom is 0.0478 e. The average molecular weight is 263 g/mol. The highest BCUT2D eigenvalue weighted by atomic mass is 16.3. The van der Waals surface area contributed by atoms with E-state index in [0.29, 0.717) is 11.8 Å². The molecule has 0 heterocycles. The van der Waals surface area contributed by atoms with Crippen LogP contribution in [0.1, 0.15) is 45.7 Å². The molecule has 2 nitrogen and oxygen atoms in total. The first kappa shape index (κ1) is 16.0. The van der Waals surface area contributed by atoms with Crippen LogP contribution in [0, 0.1) is 18.8 Å². The summed E-state index contributed by atoms with van der Waals surface area (Å²) in [6.45, 7) is 14.2. The fourth-order valence-electron chi connectivity index (χ4n) is 2.08. The van der Waals surface area contributed by atoms with Crippen molar-refractivity contribution in [1.29, 1.82) is 0 Å². The molecule has 0 aromatic heterocycles. The predicted octanol–water partition coefficient (Wildman–Crippen LogP) is 3.97. The number of hydrogen-bond donors (Lipinski definition) is 2. The summed E-state index contributed by atoms with van der Waals surface area (Å²) < 4.78 is 0. The van der Waals surface area contributed by atoms with E-state index in [-0.39, 0.29) is 12.0 Å². The molecule has 0 aliphatic heterocycles. The van der Waals surface area contributed by atoms with Crippen LogP contribution in [0.4, 0.5) is 5.69 Å².